The van der Waals surface area contributed by atoms with Gasteiger partial charge < -0.3 is 10.3 Å². The van der Waals surface area contributed by atoms with Crippen molar-refractivity contribution < 1.29 is 19.1 Å². The lowest BCUT2D eigenvalue weighted by Crippen LogP contribution is -2.09. The molecule has 0 saturated carbocycles. The number of halogens is 2. The van der Waals surface area contributed by atoms with Crippen LogP contribution < -0.4 is 5.48 Å². The van der Waals surface area contributed by atoms with E-state index >= 15 is 0 Å². The maximum Gasteiger partial charge on any atom is 0.167 e. The van der Waals surface area contributed by atoms with Crippen molar-refractivity contribution in [3.05, 3.63) is 29.3 Å². The summed E-state index contributed by atoms with van der Waals surface area (Å²) in [6.07, 6.45) is 0. The highest BCUT2D eigenvalue weighted by Gasteiger charge is 2.11. The van der Waals surface area contributed by atoms with E-state index in [2.05, 4.69) is 0 Å². The summed E-state index contributed by atoms with van der Waals surface area (Å²) >= 11 is 0. The molecule has 0 radical (unpaired) electrons. The van der Waals surface area contributed by atoms with Crippen molar-refractivity contribution in [2.24, 2.45) is 0 Å². The Balaban J connectivity index is 3.14. The van der Waals surface area contributed by atoms with E-state index in [-0.39, 0.29) is 12.1 Å². The topological polar surface area (TPSA) is 52.5 Å². The normalized spacial score (nSPS) is 10.2. The van der Waals surface area contributed by atoms with Gasteiger partial charge in [0.1, 0.15) is 5.75 Å². The van der Waals surface area contributed by atoms with Gasteiger partial charge in [0, 0.05) is 5.56 Å². The van der Waals surface area contributed by atoms with Crippen LogP contribution in [0, 0.1) is 11.6 Å². The molecule has 0 fully saturated rings. The molecule has 3 nitrogen and oxygen atoms in total. The van der Waals surface area contributed by atoms with Gasteiger partial charge in [0.2, 0.25) is 0 Å². The summed E-state index contributed by atoms with van der Waals surface area (Å²) in [4.78, 5) is 0. The second-order valence-electron chi connectivity index (χ2n) is 2.19. The number of phenols is 1. The second kappa shape index (κ2) is 3.46. The zero-order chi connectivity index (χ0) is 9.14. The minimum Gasteiger partial charge on any atom is -0.508 e. The molecular formula is C7H7F2NO2. The molecule has 0 bridgehead atoms. The molecule has 0 aliphatic carbocycles. The van der Waals surface area contributed by atoms with E-state index in [0.717, 1.165) is 12.1 Å². The fourth-order valence-electron chi connectivity index (χ4n) is 0.830. The van der Waals surface area contributed by atoms with Crippen molar-refractivity contribution in [3.63, 3.8) is 0 Å². The largest absolute Gasteiger partial charge is 0.508 e. The summed E-state index contributed by atoms with van der Waals surface area (Å²) in [6, 6.07) is 1.83. The van der Waals surface area contributed by atoms with E-state index in [1.807, 2.05) is 0 Å². The predicted octanol–water partition coefficient (Wildman–Crippen LogP) is 1.15. The van der Waals surface area contributed by atoms with Crippen molar-refractivity contribution in [2.45, 2.75) is 6.54 Å². The number of hydrogen-bond acceptors (Lipinski definition) is 3. The van der Waals surface area contributed by atoms with Gasteiger partial charge in [-0.25, -0.2) is 14.3 Å². The van der Waals surface area contributed by atoms with Gasteiger partial charge in [0.15, 0.2) is 11.6 Å². The van der Waals surface area contributed by atoms with E-state index in [1.54, 1.807) is 5.48 Å². The van der Waals surface area contributed by atoms with E-state index in [4.69, 9.17) is 10.3 Å². The molecule has 0 spiro atoms. The van der Waals surface area contributed by atoms with Gasteiger partial charge in [-0.2, -0.15) is 0 Å². The molecule has 0 aliphatic rings. The molecule has 12 heavy (non-hydrogen) atoms. The van der Waals surface area contributed by atoms with Crippen LogP contribution >= 0.6 is 0 Å². The van der Waals surface area contributed by atoms with Crippen molar-refractivity contribution in [3.8, 4) is 5.75 Å². The fourth-order valence-corrected chi connectivity index (χ4v) is 0.830. The average Bonchev–Trinajstić information content (AvgIpc) is 2.06. The predicted molar refractivity (Wildman–Crippen MR) is 36.6 cm³/mol. The Morgan fingerprint density at radius 1 is 1.33 bits per heavy atom. The zero-order valence-electron chi connectivity index (χ0n) is 6.01. The minimum atomic E-state index is -1.16. The number of aromatic hydroxyl groups is 1. The van der Waals surface area contributed by atoms with Gasteiger partial charge >= 0.3 is 0 Å². The third-order valence-corrected chi connectivity index (χ3v) is 1.43. The highest BCUT2D eigenvalue weighted by Crippen LogP contribution is 2.21. The molecular weight excluding hydrogens is 168 g/mol. The molecule has 1 aromatic rings. The number of nitrogens with one attached hydrogen (secondary N) is 1. The van der Waals surface area contributed by atoms with Crippen LogP contribution in [0.1, 0.15) is 5.56 Å². The molecule has 0 aliphatic heterocycles. The Morgan fingerprint density at radius 3 is 2.58 bits per heavy atom. The molecule has 0 aromatic heterocycles. The third-order valence-electron chi connectivity index (χ3n) is 1.43. The van der Waals surface area contributed by atoms with Crippen molar-refractivity contribution >= 4 is 0 Å². The van der Waals surface area contributed by atoms with Crippen LogP contribution in [0.5, 0.6) is 5.75 Å². The Morgan fingerprint density at radius 2 is 2.00 bits per heavy atom. The molecule has 0 amide bonds. The number of phenolic OH excluding ortho intramolecular Hbond substituents is 1. The first-order valence-electron chi connectivity index (χ1n) is 3.19. The van der Waals surface area contributed by atoms with E-state index in [9.17, 15) is 8.78 Å². The van der Waals surface area contributed by atoms with Crippen LogP contribution in [-0.4, -0.2) is 10.3 Å². The van der Waals surface area contributed by atoms with Crippen LogP contribution in [-0.2, 0) is 6.54 Å². The van der Waals surface area contributed by atoms with Crippen molar-refractivity contribution in [1.82, 2.24) is 5.48 Å². The Labute approximate surface area is 67.2 Å². The molecule has 0 heterocycles. The number of hydroxylamine groups is 1. The molecule has 0 saturated heterocycles. The summed E-state index contributed by atoms with van der Waals surface area (Å²) in [5, 5.41) is 17.2. The van der Waals surface area contributed by atoms with Gasteiger partial charge in [-0.3, -0.25) is 0 Å². The lowest BCUT2D eigenvalue weighted by Gasteiger charge is -2.04. The lowest BCUT2D eigenvalue weighted by molar-refractivity contribution is 0.158. The highest BCUT2D eigenvalue weighted by atomic mass is 19.2. The third kappa shape index (κ3) is 1.51. The lowest BCUT2D eigenvalue weighted by atomic mass is 10.2. The fraction of sp³-hybridized carbons (Fsp3) is 0.143. The van der Waals surface area contributed by atoms with Crippen LogP contribution in [0.2, 0.25) is 0 Å². The van der Waals surface area contributed by atoms with Crippen LogP contribution in [0.3, 0.4) is 0 Å². The molecule has 0 atom stereocenters. The van der Waals surface area contributed by atoms with Crippen molar-refractivity contribution in [1.29, 1.82) is 0 Å². The molecule has 1 aromatic carbocycles. The van der Waals surface area contributed by atoms with Gasteiger partial charge in [0.05, 0.1) is 6.54 Å². The van der Waals surface area contributed by atoms with Gasteiger partial charge in [-0.1, -0.05) is 0 Å². The summed E-state index contributed by atoms with van der Waals surface area (Å²) < 4.78 is 25.3. The summed E-state index contributed by atoms with van der Waals surface area (Å²) in [7, 11) is 0. The number of hydrogen-bond donors (Lipinski definition) is 3. The Kier molecular flexibility index (Phi) is 2.57. The maximum atomic E-state index is 12.8. The van der Waals surface area contributed by atoms with Crippen LogP contribution in [0.4, 0.5) is 8.78 Å². The van der Waals surface area contributed by atoms with Crippen molar-refractivity contribution in [2.75, 3.05) is 0 Å². The highest BCUT2D eigenvalue weighted by molar-refractivity contribution is 5.33. The first-order chi connectivity index (χ1) is 5.66. The first kappa shape index (κ1) is 8.89. The molecule has 0 unspecified atom stereocenters. The molecule has 66 valence electrons. The quantitative estimate of drug-likeness (QED) is 0.591. The van der Waals surface area contributed by atoms with Gasteiger partial charge in [-0.05, 0) is 12.1 Å². The Hall–Kier alpha value is -1.20. The first-order valence-corrected chi connectivity index (χ1v) is 3.19. The van der Waals surface area contributed by atoms with E-state index in [0.29, 0.717) is 0 Å². The van der Waals surface area contributed by atoms with Gasteiger partial charge in [0.25, 0.3) is 0 Å². The maximum absolute atomic E-state index is 12.8. The Bertz CT molecular complexity index is 291. The summed E-state index contributed by atoms with van der Waals surface area (Å²) in [5.41, 5.74) is 1.33. The smallest absolute Gasteiger partial charge is 0.167 e. The van der Waals surface area contributed by atoms with Crippen LogP contribution in [0.25, 0.3) is 0 Å². The standard InChI is InChI=1S/C7H7F2NO2/c8-5-1-2-6(11)4(3-10-12)7(5)9/h1-2,10-12H,3H2. The SMILES string of the molecule is ONCc1c(O)ccc(F)c1F. The number of benzene rings is 1. The summed E-state index contributed by atoms with van der Waals surface area (Å²) in [6.45, 7) is -0.338. The zero-order valence-corrected chi connectivity index (χ0v) is 6.01. The molecule has 3 N–H and O–H groups in total. The van der Waals surface area contributed by atoms with Gasteiger partial charge in [-0.15, -0.1) is 0 Å². The number of rotatable bonds is 2. The minimum absolute atomic E-state index is 0.294. The average molecular weight is 175 g/mol. The summed E-state index contributed by atoms with van der Waals surface area (Å²) in [5.74, 6) is -2.61. The van der Waals surface area contributed by atoms with Crippen LogP contribution in [0.15, 0.2) is 12.1 Å². The molecule has 5 heteroatoms. The monoisotopic (exact) mass is 175 g/mol. The molecule has 1 rings (SSSR count). The second-order valence-corrected chi connectivity index (χ2v) is 2.19. The van der Waals surface area contributed by atoms with E-state index in [1.165, 1.54) is 0 Å². The van der Waals surface area contributed by atoms with E-state index < -0.39 is 17.4 Å².